The van der Waals surface area contributed by atoms with Crippen LogP contribution in [0.25, 0.3) is 0 Å². The number of nitrogens with zero attached hydrogens (tertiary/aromatic N) is 2. The van der Waals surface area contributed by atoms with Crippen molar-refractivity contribution in [2.24, 2.45) is 0 Å². The van der Waals surface area contributed by atoms with Crippen molar-refractivity contribution in [3.8, 4) is 6.01 Å². The quantitative estimate of drug-likeness (QED) is 0.846. The maximum absolute atomic E-state index is 14.6. The topological polar surface area (TPSA) is 93.8 Å². The summed E-state index contributed by atoms with van der Waals surface area (Å²) in [6, 6.07) is 1.04. The molecule has 1 saturated heterocycles. The minimum atomic E-state index is -2.16. The van der Waals surface area contributed by atoms with Gasteiger partial charge in [-0.05, 0) is 13.8 Å². The van der Waals surface area contributed by atoms with E-state index < -0.39 is 36.3 Å². The SMILES string of the molecule is CC.CCOc1nc(=O)ccn1C1OC(CO)[C@H](O)C1(C)F. The second-order valence-electron chi connectivity index (χ2n) is 4.69. The molecule has 2 rings (SSSR count). The molecule has 1 aliphatic heterocycles. The van der Waals surface area contributed by atoms with E-state index in [1.54, 1.807) is 6.92 Å². The second-order valence-corrected chi connectivity index (χ2v) is 4.69. The lowest BCUT2D eigenvalue weighted by Gasteiger charge is -2.26. The molecule has 1 aromatic rings. The van der Waals surface area contributed by atoms with Crippen LogP contribution in [-0.4, -0.2) is 50.9 Å². The molecule has 3 unspecified atom stereocenters. The fourth-order valence-corrected chi connectivity index (χ4v) is 2.17. The molecule has 126 valence electrons. The van der Waals surface area contributed by atoms with E-state index in [9.17, 15) is 14.3 Å². The maximum atomic E-state index is 14.6. The summed E-state index contributed by atoms with van der Waals surface area (Å²) in [7, 11) is 0. The lowest BCUT2D eigenvalue weighted by atomic mass is 9.98. The van der Waals surface area contributed by atoms with Crippen LogP contribution in [0.4, 0.5) is 4.39 Å². The van der Waals surface area contributed by atoms with Crippen LogP contribution in [0.5, 0.6) is 6.01 Å². The zero-order valence-electron chi connectivity index (χ0n) is 13.2. The number of hydrogen-bond donors (Lipinski definition) is 2. The number of aliphatic hydroxyl groups excluding tert-OH is 2. The first-order chi connectivity index (χ1) is 10.4. The lowest BCUT2D eigenvalue weighted by molar-refractivity contribution is -0.0632. The first kappa shape index (κ1) is 18.5. The Hall–Kier alpha value is -1.51. The molecule has 0 radical (unpaired) electrons. The maximum Gasteiger partial charge on any atom is 0.301 e. The van der Waals surface area contributed by atoms with Gasteiger partial charge in [-0.3, -0.25) is 9.36 Å². The lowest BCUT2D eigenvalue weighted by Crippen LogP contribution is -2.40. The minimum Gasteiger partial charge on any atom is -0.465 e. The highest BCUT2D eigenvalue weighted by molar-refractivity contribution is 5.07. The number of ether oxygens (including phenoxy) is 2. The van der Waals surface area contributed by atoms with Crippen LogP contribution in [0.1, 0.15) is 33.9 Å². The molecule has 7 nitrogen and oxygen atoms in total. The third-order valence-corrected chi connectivity index (χ3v) is 3.23. The molecule has 0 amide bonds. The van der Waals surface area contributed by atoms with E-state index in [2.05, 4.69) is 4.98 Å². The van der Waals surface area contributed by atoms with Crippen molar-refractivity contribution in [3.63, 3.8) is 0 Å². The average molecular weight is 318 g/mol. The van der Waals surface area contributed by atoms with Crippen molar-refractivity contribution in [2.45, 2.75) is 51.8 Å². The fraction of sp³-hybridized carbons (Fsp3) is 0.714. The minimum absolute atomic E-state index is 0.0975. The van der Waals surface area contributed by atoms with Gasteiger partial charge in [0.05, 0.1) is 13.2 Å². The van der Waals surface area contributed by atoms with Crippen LogP contribution in [0.15, 0.2) is 17.1 Å². The van der Waals surface area contributed by atoms with Gasteiger partial charge in [0.25, 0.3) is 5.56 Å². The largest absolute Gasteiger partial charge is 0.465 e. The average Bonchev–Trinajstić information content (AvgIpc) is 2.73. The van der Waals surface area contributed by atoms with Gasteiger partial charge >= 0.3 is 6.01 Å². The normalized spacial score (nSPS) is 30.6. The monoisotopic (exact) mass is 318 g/mol. The van der Waals surface area contributed by atoms with Gasteiger partial charge in [0, 0.05) is 12.3 Å². The van der Waals surface area contributed by atoms with Crippen molar-refractivity contribution >= 4 is 0 Å². The molecule has 2 N–H and O–H groups in total. The Labute approximate surface area is 128 Å². The summed E-state index contributed by atoms with van der Waals surface area (Å²) < 4.78 is 26.3. The van der Waals surface area contributed by atoms with E-state index in [0.29, 0.717) is 0 Å². The van der Waals surface area contributed by atoms with E-state index in [-0.39, 0.29) is 12.6 Å². The van der Waals surface area contributed by atoms with Crippen molar-refractivity contribution in [3.05, 3.63) is 22.6 Å². The van der Waals surface area contributed by atoms with E-state index in [1.807, 2.05) is 13.8 Å². The zero-order valence-corrected chi connectivity index (χ0v) is 13.2. The molecule has 4 atom stereocenters. The predicted octanol–water partition coefficient (Wildman–Crippen LogP) is 0.647. The van der Waals surface area contributed by atoms with Gasteiger partial charge in [0.1, 0.15) is 12.2 Å². The van der Waals surface area contributed by atoms with Crippen LogP contribution in [0, 0.1) is 0 Å². The molecular weight excluding hydrogens is 295 g/mol. The Morgan fingerprint density at radius 1 is 1.55 bits per heavy atom. The Balaban J connectivity index is 0.00000116. The van der Waals surface area contributed by atoms with E-state index in [1.165, 1.54) is 10.8 Å². The second kappa shape index (κ2) is 7.66. The van der Waals surface area contributed by atoms with Crippen LogP contribution in [0.3, 0.4) is 0 Å². The van der Waals surface area contributed by atoms with Crippen molar-refractivity contribution < 1.29 is 24.1 Å². The van der Waals surface area contributed by atoms with Crippen LogP contribution >= 0.6 is 0 Å². The van der Waals surface area contributed by atoms with E-state index >= 15 is 0 Å². The molecule has 8 heteroatoms. The first-order valence-corrected chi connectivity index (χ1v) is 7.27. The summed E-state index contributed by atoms with van der Waals surface area (Å²) in [6.07, 6.45) is -2.51. The molecule has 1 aliphatic rings. The molecule has 22 heavy (non-hydrogen) atoms. The van der Waals surface area contributed by atoms with Gasteiger partial charge in [0.2, 0.25) is 0 Å². The van der Waals surface area contributed by atoms with Crippen molar-refractivity contribution in [2.75, 3.05) is 13.2 Å². The highest BCUT2D eigenvalue weighted by atomic mass is 19.1. The number of hydrogen-bond acceptors (Lipinski definition) is 6. The molecule has 0 spiro atoms. The number of aliphatic hydroxyl groups is 2. The third-order valence-electron chi connectivity index (χ3n) is 3.23. The van der Waals surface area contributed by atoms with Crippen LogP contribution < -0.4 is 10.3 Å². The summed E-state index contributed by atoms with van der Waals surface area (Å²) in [5.41, 5.74) is -2.68. The zero-order chi connectivity index (χ0) is 16.9. The van der Waals surface area contributed by atoms with Crippen LogP contribution in [-0.2, 0) is 4.74 Å². The Bertz CT molecular complexity index is 534. The number of alkyl halides is 1. The molecular formula is C14H23FN2O5. The summed E-state index contributed by atoms with van der Waals surface area (Å²) >= 11 is 0. The Morgan fingerprint density at radius 2 is 2.18 bits per heavy atom. The highest BCUT2D eigenvalue weighted by Crippen LogP contribution is 2.42. The smallest absolute Gasteiger partial charge is 0.301 e. The van der Waals surface area contributed by atoms with Crippen LogP contribution in [0.2, 0.25) is 0 Å². The fourth-order valence-electron chi connectivity index (χ4n) is 2.17. The molecule has 1 fully saturated rings. The van der Waals surface area contributed by atoms with E-state index in [4.69, 9.17) is 14.6 Å². The van der Waals surface area contributed by atoms with Crippen molar-refractivity contribution in [1.82, 2.24) is 9.55 Å². The highest BCUT2D eigenvalue weighted by Gasteiger charge is 2.55. The Morgan fingerprint density at radius 3 is 2.68 bits per heavy atom. The van der Waals surface area contributed by atoms with Gasteiger partial charge in [-0.15, -0.1) is 0 Å². The van der Waals surface area contributed by atoms with Gasteiger partial charge in [-0.2, -0.15) is 4.98 Å². The molecule has 0 aliphatic carbocycles. The Kier molecular flexibility index (Phi) is 6.46. The molecule has 0 bridgehead atoms. The summed E-state index contributed by atoms with van der Waals surface area (Å²) in [6.45, 7) is 6.57. The van der Waals surface area contributed by atoms with E-state index in [0.717, 1.165) is 13.0 Å². The van der Waals surface area contributed by atoms with Gasteiger partial charge in [-0.1, -0.05) is 13.8 Å². The number of rotatable bonds is 4. The van der Waals surface area contributed by atoms with Gasteiger partial charge < -0.3 is 19.7 Å². The summed E-state index contributed by atoms with van der Waals surface area (Å²) in [5, 5.41) is 18.9. The molecule has 2 heterocycles. The number of halogens is 1. The summed E-state index contributed by atoms with van der Waals surface area (Å²) in [4.78, 5) is 14.9. The summed E-state index contributed by atoms with van der Waals surface area (Å²) in [5.74, 6) is 0. The molecule has 0 saturated carbocycles. The standard InChI is InChI=1S/C12H17FN2O5.C2H6/c1-3-19-11-14-8(17)4-5-15(11)10-12(2,13)9(18)7(6-16)20-10;1-2/h4-5,7,9-10,16,18H,3,6H2,1-2H3;1-2H3/t7?,9-,10?,12?;/m0./s1. The predicted molar refractivity (Wildman–Crippen MR) is 77.5 cm³/mol. The molecule has 1 aromatic heterocycles. The van der Waals surface area contributed by atoms with Crippen molar-refractivity contribution in [1.29, 1.82) is 0 Å². The van der Waals surface area contributed by atoms with Gasteiger partial charge in [-0.25, -0.2) is 4.39 Å². The number of aromatic nitrogens is 2. The van der Waals surface area contributed by atoms with Gasteiger partial charge in [0.15, 0.2) is 11.9 Å². The molecule has 0 aromatic carbocycles. The third kappa shape index (κ3) is 3.45. The first-order valence-electron chi connectivity index (χ1n) is 7.27.